The molecule has 2 N–H and O–H groups in total. The molecule has 1 aromatic carbocycles. The number of hydrogen-bond acceptors (Lipinski definition) is 3. The Morgan fingerprint density at radius 3 is 2.86 bits per heavy atom. The van der Waals surface area contributed by atoms with Crippen LogP contribution < -0.4 is 10.1 Å². The molecular weight excluding hydrogens is 266 g/mol. The number of carbonyl (C=O) groups excluding carboxylic acids is 1. The molecule has 2 saturated carbocycles. The maximum atomic E-state index is 12.4. The zero-order chi connectivity index (χ0) is 14.8. The molecule has 2 aliphatic carbocycles. The maximum absolute atomic E-state index is 12.4. The largest absolute Gasteiger partial charge is 0.494 e. The number of fused-ring (bicyclic) bond motifs is 2. The summed E-state index contributed by atoms with van der Waals surface area (Å²) in [7, 11) is 0. The number of anilines is 1. The van der Waals surface area contributed by atoms with Crippen LogP contribution in [0.5, 0.6) is 5.75 Å². The van der Waals surface area contributed by atoms with Gasteiger partial charge in [-0.1, -0.05) is 6.42 Å². The van der Waals surface area contributed by atoms with Crippen molar-refractivity contribution >= 4 is 11.6 Å². The second kappa shape index (κ2) is 6.06. The minimum atomic E-state index is -0.0901. The number of carbonyl (C=O) groups is 1. The number of rotatable bonds is 5. The summed E-state index contributed by atoms with van der Waals surface area (Å²) in [5.41, 5.74) is 1.46. The fourth-order valence-corrected chi connectivity index (χ4v) is 3.88. The van der Waals surface area contributed by atoms with Crippen molar-refractivity contribution in [2.45, 2.75) is 39.2 Å². The van der Waals surface area contributed by atoms with Crippen molar-refractivity contribution in [2.24, 2.45) is 17.8 Å². The molecule has 3 rings (SSSR count). The minimum Gasteiger partial charge on any atom is -0.494 e. The zero-order valence-electron chi connectivity index (χ0n) is 12.5. The molecule has 0 spiro atoms. The number of aliphatic hydroxyl groups excluding tert-OH is 1. The van der Waals surface area contributed by atoms with Crippen molar-refractivity contribution in [3.8, 4) is 5.75 Å². The third-order valence-corrected chi connectivity index (χ3v) is 4.87. The van der Waals surface area contributed by atoms with Crippen molar-refractivity contribution in [3.63, 3.8) is 0 Å². The molecule has 1 aromatic rings. The molecule has 0 radical (unpaired) electrons. The van der Waals surface area contributed by atoms with Crippen molar-refractivity contribution in [2.75, 3.05) is 11.9 Å². The van der Waals surface area contributed by atoms with Crippen molar-refractivity contribution in [1.82, 2.24) is 0 Å². The molecule has 3 atom stereocenters. The normalized spacial score (nSPS) is 26.9. The average Bonchev–Trinajstić information content (AvgIpc) is 3.11. The zero-order valence-corrected chi connectivity index (χ0v) is 12.5. The molecule has 0 aromatic heterocycles. The standard InChI is InChI=1S/C17H23NO3/c1-2-21-16-6-5-14(9-13(16)10-19)18-17(20)15-8-11-3-4-12(15)7-11/h5-6,9,11-12,15,19H,2-4,7-8,10H2,1H3,(H,18,20). The molecule has 4 heteroatoms. The van der Waals surface area contributed by atoms with Gasteiger partial charge in [0.2, 0.25) is 5.91 Å². The van der Waals surface area contributed by atoms with Crippen LogP contribution in [0, 0.1) is 17.8 Å². The van der Waals surface area contributed by atoms with Gasteiger partial charge in [0.15, 0.2) is 0 Å². The van der Waals surface area contributed by atoms with Crippen molar-refractivity contribution < 1.29 is 14.6 Å². The molecular formula is C17H23NO3. The Balaban J connectivity index is 1.68. The van der Waals surface area contributed by atoms with Gasteiger partial charge in [0.05, 0.1) is 13.2 Å². The van der Waals surface area contributed by atoms with Gasteiger partial charge < -0.3 is 15.2 Å². The fraction of sp³-hybridized carbons (Fsp3) is 0.588. The summed E-state index contributed by atoms with van der Waals surface area (Å²) >= 11 is 0. The van der Waals surface area contributed by atoms with Gasteiger partial charge in [-0.2, -0.15) is 0 Å². The summed E-state index contributed by atoms with van der Waals surface area (Å²) in [6.45, 7) is 2.38. The number of aliphatic hydroxyl groups is 1. The van der Waals surface area contributed by atoms with Gasteiger partial charge >= 0.3 is 0 Å². The summed E-state index contributed by atoms with van der Waals surface area (Å²) in [6, 6.07) is 5.46. The van der Waals surface area contributed by atoms with Crippen molar-refractivity contribution in [1.29, 1.82) is 0 Å². The SMILES string of the molecule is CCOc1ccc(NC(=O)C2CC3CCC2C3)cc1CO. The third-order valence-electron chi connectivity index (χ3n) is 4.87. The average molecular weight is 289 g/mol. The molecule has 2 fully saturated rings. The first-order chi connectivity index (χ1) is 10.2. The first-order valence-corrected chi connectivity index (χ1v) is 7.88. The van der Waals surface area contributed by atoms with E-state index in [0.717, 1.165) is 18.0 Å². The minimum absolute atomic E-state index is 0.0901. The van der Waals surface area contributed by atoms with Crippen LogP contribution in [0.15, 0.2) is 18.2 Å². The number of amides is 1. The van der Waals surface area contributed by atoms with Crippen LogP contribution >= 0.6 is 0 Å². The first-order valence-electron chi connectivity index (χ1n) is 7.88. The van der Waals surface area contributed by atoms with Crippen LogP contribution in [0.2, 0.25) is 0 Å². The Labute approximate surface area is 125 Å². The molecule has 0 aliphatic heterocycles. The smallest absolute Gasteiger partial charge is 0.227 e. The van der Waals surface area contributed by atoms with E-state index < -0.39 is 0 Å². The Morgan fingerprint density at radius 1 is 1.38 bits per heavy atom. The highest BCUT2D eigenvalue weighted by atomic mass is 16.5. The lowest BCUT2D eigenvalue weighted by Crippen LogP contribution is -2.27. The van der Waals surface area contributed by atoms with E-state index in [4.69, 9.17) is 4.74 Å². The molecule has 1 amide bonds. The van der Waals surface area contributed by atoms with Gasteiger partial charge in [0.1, 0.15) is 5.75 Å². The van der Waals surface area contributed by atoms with Crippen LogP contribution in [0.1, 0.15) is 38.2 Å². The van der Waals surface area contributed by atoms with Crippen LogP contribution in [-0.2, 0) is 11.4 Å². The van der Waals surface area contributed by atoms with E-state index in [1.807, 2.05) is 19.1 Å². The Hall–Kier alpha value is -1.55. The second-order valence-corrected chi connectivity index (χ2v) is 6.18. The molecule has 0 saturated heterocycles. The Kier molecular flexibility index (Phi) is 4.15. The summed E-state index contributed by atoms with van der Waals surface area (Å²) in [6.07, 6.45) is 4.77. The van der Waals surface area contributed by atoms with E-state index in [1.165, 1.54) is 19.3 Å². The molecule has 3 unspecified atom stereocenters. The highest BCUT2D eigenvalue weighted by Gasteiger charge is 2.42. The molecule has 114 valence electrons. The predicted octanol–water partition coefficient (Wildman–Crippen LogP) is 2.95. The van der Waals surface area contributed by atoms with E-state index in [9.17, 15) is 9.90 Å². The van der Waals surface area contributed by atoms with Crippen LogP contribution in [0.25, 0.3) is 0 Å². The summed E-state index contributed by atoms with van der Waals surface area (Å²) in [5.74, 6) is 2.33. The monoisotopic (exact) mass is 289 g/mol. The number of hydrogen-bond donors (Lipinski definition) is 2. The number of nitrogens with one attached hydrogen (secondary N) is 1. The Bertz CT molecular complexity index is 529. The lowest BCUT2D eigenvalue weighted by molar-refractivity contribution is -0.121. The van der Waals surface area contributed by atoms with Gasteiger partial charge in [0, 0.05) is 17.2 Å². The van der Waals surface area contributed by atoms with E-state index in [2.05, 4.69) is 5.32 Å². The van der Waals surface area contributed by atoms with Gasteiger partial charge in [-0.3, -0.25) is 4.79 Å². The summed E-state index contributed by atoms with van der Waals surface area (Å²) in [4.78, 5) is 12.4. The molecule has 0 heterocycles. The lowest BCUT2D eigenvalue weighted by atomic mass is 9.88. The van der Waals surface area contributed by atoms with Crippen LogP contribution in [-0.4, -0.2) is 17.6 Å². The van der Waals surface area contributed by atoms with Gasteiger partial charge in [-0.25, -0.2) is 0 Å². The van der Waals surface area contributed by atoms with Gasteiger partial charge in [-0.15, -0.1) is 0 Å². The maximum Gasteiger partial charge on any atom is 0.227 e. The van der Waals surface area contributed by atoms with E-state index in [-0.39, 0.29) is 18.4 Å². The molecule has 21 heavy (non-hydrogen) atoms. The van der Waals surface area contributed by atoms with Crippen molar-refractivity contribution in [3.05, 3.63) is 23.8 Å². The number of ether oxygens (including phenoxy) is 1. The molecule has 2 bridgehead atoms. The summed E-state index contributed by atoms with van der Waals surface area (Å²) < 4.78 is 5.46. The molecule has 2 aliphatic rings. The Morgan fingerprint density at radius 2 is 2.24 bits per heavy atom. The third kappa shape index (κ3) is 2.91. The summed E-state index contributed by atoms with van der Waals surface area (Å²) in [5, 5.41) is 12.4. The van der Waals surface area contributed by atoms with E-state index >= 15 is 0 Å². The molecule has 4 nitrogen and oxygen atoms in total. The van der Waals surface area contributed by atoms with E-state index in [0.29, 0.717) is 23.8 Å². The lowest BCUT2D eigenvalue weighted by Gasteiger charge is -2.21. The number of benzene rings is 1. The highest BCUT2D eigenvalue weighted by Crippen LogP contribution is 2.48. The van der Waals surface area contributed by atoms with Gasteiger partial charge in [0.25, 0.3) is 0 Å². The first kappa shape index (κ1) is 14.4. The quantitative estimate of drug-likeness (QED) is 0.876. The fourth-order valence-electron chi connectivity index (χ4n) is 3.88. The van der Waals surface area contributed by atoms with Crippen LogP contribution in [0.4, 0.5) is 5.69 Å². The highest BCUT2D eigenvalue weighted by molar-refractivity contribution is 5.93. The second-order valence-electron chi connectivity index (χ2n) is 6.18. The van der Waals surface area contributed by atoms with Crippen LogP contribution in [0.3, 0.4) is 0 Å². The van der Waals surface area contributed by atoms with Gasteiger partial charge in [-0.05, 0) is 56.2 Å². The van der Waals surface area contributed by atoms with E-state index in [1.54, 1.807) is 6.07 Å². The topological polar surface area (TPSA) is 58.6 Å². The predicted molar refractivity (Wildman–Crippen MR) is 81.1 cm³/mol.